The van der Waals surface area contributed by atoms with E-state index in [0.29, 0.717) is 23.2 Å². The number of aryl methyl sites for hydroxylation is 1. The van der Waals surface area contributed by atoms with Crippen molar-refractivity contribution in [3.63, 3.8) is 0 Å². The second-order valence-electron chi connectivity index (χ2n) is 4.72. The number of anilines is 1. The van der Waals surface area contributed by atoms with Gasteiger partial charge in [0.1, 0.15) is 4.47 Å². The number of nitrogens with zero attached hydrogens (tertiary/aromatic N) is 2. The van der Waals surface area contributed by atoms with E-state index in [1.807, 2.05) is 6.92 Å². The summed E-state index contributed by atoms with van der Waals surface area (Å²) in [5, 5.41) is 7.56. The lowest BCUT2D eigenvalue weighted by Gasteiger charge is -2.32. The third-order valence-electron chi connectivity index (χ3n) is 3.56. The lowest BCUT2D eigenvalue weighted by atomic mass is 9.93. The van der Waals surface area contributed by atoms with Crippen LogP contribution >= 0.6 is 15.9 Å². The molecule has 0 bridgehead atoms. The highest BCUT2D eigenvalue weighted by Gasteiger charge is 2.25. The molecule has 0 saturated heterocycles. The van der Waals surface area contributed by atoms with Gasteiger partial charge in [0.2, 0.25) is 0 Å². The minimum absolute atomic E-state index is 0.107. The fraction of sp³-hybridized carbons (Fsp3) is 0.692. The first kappa shape index (κ1) is 16.2. The maximum absolute atomic E-state index is 12.1. The van der Waals surface area contributed by atoms with Crippen molar-refractivity contribution >= 4 is 21.6 Å². The van der Waals surface area contributed by atoms with Gasteiger partial charge in [-0.2, -0.15) is 5.10 Å². The number of hydrogen-bond donors (Lipinski definition) is 2. The van der Waals surface area contributed by atoms with Crippen LogP contribution in [-0.2, 0) is 6.54 Å². The van der Waals surface area contributed by atoms with Crippen molar-refractivity contribution in [2.24, 2.45) is 5.73 Å². The summed E-state index contributed by atoms with van der Waals surface area (Å²) in [6.45, 7) is 7.33. The zero-order chi connectivity index (χ0) is 14.5. The molecule has 0 unspecified atom stereocenters. The second kappa shape index (κ2) is 7.05. The van der Waals surface area contributed by atoms with Crippen molar-refractivity contribution in [1.29, 1.82) is 0 Å². The van der Waals surface area contributed by atoms with Crippen LogP contribution in [0.15, 0.2) is 15.5 Å². The maximum Gasteiger partial charge on any atom is 0.283 e. The van der Waals surface area contributed by atoms with Crippen LogP contribution in [-0.4, -0.2) is 21.9 Å². The average Bonchev–Trinajstić information content (AvgIpc) is 2.44. The predicted octanol–water partition coefficient (Wildman–Crippen LogP) is 2.35. The third-order valence-corrected chi connectivity index (χ3v) is 4.33. The Morgan fingerprint density at radius 3 is 2.53 bits per heavy atom. The molecule has 0 aliphatic rings. The normalized spacial score (nSPS) is 11.6. The Morgan fingerprint density at radius 1 is 1.42 bits per heavy atom. The van der Waals surface area contributed by atoms with Crippen LogP contribution in [0, 0.1) is 0 Å². The summed E-state index contributed by atoms with van der Waals surface area (Å²) in [5.74, 6) is 0. The van der Waals surface area contributed by atoms with Crippen LogP contribution < -0.4 is 16.6 Å². The van der Waals surface area contributed by atoms with Crippen molar-refractivity contribution in [1.82, 2.24) is 9.78 Å². The van der Waals surface area contributed by atoms with Crippen LogP contribution in [0.25, 0.3) is 0 Å². The van der Waals surface area contributed by atoms with E-state index in [-0.39, 0.29) is 11.1 Å². The van der Waals surface area contributed by atoms with Crippen LogP contribution in [0.1, 0.15) is 40.0 Å². The Bertz CT molecular complexity index is 460. The van der Waals surface area contributed by atoms with E-state index in [9.17, 15) is 4.79 Å². The number of halogens is 1. The minimum atomic E-state index is -0.187. The molecule has 0 spiro atoms. The summed E-state index contributed by atoms with van der Waals surface area (Å²) in [7, 11) is 0. The molecule has 6 heteroatoms. The highest BCUT2D eigenvalue weighted by molar-refractivity contribution is 9.10. The number of nitrogens with one attached hydrogen (secondary N) is 1. The quantitative estimate of drug-likeness (QED) is 0.804. The Hall–Kier alpha value is -0.880. The molecule has 0 amide bonds. The minimum Gasteiger partial charge on any atom is -0.376 e. The van der Waals surface area contributed by atoms with Gasteiger partial charge in [0, 0.05) is 18.6 Å². The zero-order valence-electron chi connectivity index (χ0n) is 11.9. The molecule has 3 N–H and O–H groups in total. The molecule has 0 aliphatic carbocycles. The van der Waals surface area contributed by atoms with Crippen LogP contribution in [0.5, 0.6) is 0 Å². The van der Waals surface area contributed by atoms with E-state index in [2.05, 4.69) is 40.2 Å². The molecule has 19 heavy (non-hydrogen) atoms. The summed E-state index contributed by atoms with van der Waals surface area (Å²) in [4.78, 5) is 12.1. The van der Waals surface area contributed by atoms with Crippen molar-refractivity contribution in [3.8, 4) is 0 Å². The Balaban J connectivity index is 3.09. The molecule has 0 aromatic carbocycles. The SMILES string of the molecule is CCCn1ncc(NC(CC)(CC)CN)c(Br)c1=O. The third kappa shape index (κ3) is 3.57. The highest BCUT2D eigenvalue weighted by Crippen LogP contribution is 2.24. The van der Waals surface area contributed by atoms with Crippen LogP contribution in [0.4, 0.5) is 5.69 Å². The lowest BCUT2D eigenvalue weighted by molar-refractivity contribution is 0.444. The maximum atomic E-state index is 12.1. The van der Waals surface area contributed by atoms with Gasteiger partial charge < -0.3 is 11.1 Å². The smallest absolute Gasteiger partial charge is 0.283 e. The first-order valence-corrected chi connectivity index (χ1v) is 7.56. The largest absolute Gasteiger partial charge is 0.376 e. The van der Waals surface area contributed by atoms with E-state index in [1.54, 1.807) is 6.20 Å². The van der Waals surface area contributed by atoms with Gasteiger partial charge in [-0.15, -0.1) is 0 Å². The molecule has 1 rings (SSSR count). The van der Waals surface area contributed by atoms with Gasteiger partial charge in [-0.3, -0.25) is 4.79 Å². The summed E-state index contributed by atoms with van der Waals surface area (Å²) in [5.41, 5.74) is 6.28. The lowest BCUT2D eigenvalue weighted by Crippen LogP contribution is -2.45. The molecular weight excluding hydrogens is 308 g/mol. The molecule has 0 atom stereocenters. The van der Waals surface area contributed by atoms with E-state index in [4.69, 9.17) is 5.73 Å². The summed E-state index contributed by atoms with van der Waals surface area (Å²) in [6.07, 6.45) is 4.36. The molecule has 0 radical (unpaired) electrons. The van der Waals surface area contributed by atoms with E-state index >= 15 is 0 Å². The standard InChI is InChI=1S/C13H23BrN4O/c1-4-7-18-12(19)11(14)10(8-16-18)17-13(5-2,6-3)9-15/h8,17H,4-7,9,15H2,1-3H3. The van der Waals surface area contributed by atoms with Crippen LogP contribution in [0.2, 0.25) is 0 Å². The molecule has 1 heterocycles. The Morgan fingerprint density at radius 2 is 2.05 bits per heavy atom. The summed E-state index contributed by atoms with van der Waals surface area (Å²) >= 11 is 3.36. The topological polar surface area (TPSA) is 72.9 Å². The number of hydrogen-bond acceptors (Lipinski definition) is 4. The summed E-state index contributed by atoms with van der Waals surface area (Å²) < 4.78 is 1.99. The molecule has 1 aromatic rings. The van der Waals surface area contributed by atoms with Crippen molar-refractivity contribution < 1.29 is 0 Å². The molecular formula is C13H23BrN4O. The first-order valence-electron chi connectivity index (χ1n) is 6.77. The molecule has 5 nitrogen and oxygen atoms in total. The number of nitrogens with two attached hydrogens (primary N) is 1. The molecule has 0 aliphatic heterocycles. The monoisotopic (exact) mass is 330 g/mol. The van der Waals surface area contributed by atoms with Gasteiger partial charge in [-0.25, -0.2) is 4.68 Å². The fourth-order valence-corrected chi connectivity index (χ4v) is 2.38. The van der Waals surface area contributed by atoms with Crippen molar-refractivity contribution in [2.75, 3.05) is 11.9 Å². The molecule has 108 valence electrons. The van der Waals surface area contributed by atoms with Crippen molar-refractivity contribution in [3.05, 3.63) is 21.0 Å². The molecule has 0 saturated carbocycles. The highest BCUT2D eigenvalue weighted by atomic mass is 79.9. The average molecular weight is 331 g/mol. The predicted molar refractivity (Wildman–Crippen MR) is 82.5 cm³/mol. The zero-order valence-corrected chi connectivity index (χ0v) is 13.5. The number of rotatable bonds is 7. The van der Waals surface area contributed by atoms with Gasteiger partial charge in [-0.1, -0.05) is 20.8 Å². The van der Waals surface area contributed by atoms with Gasteiger partial charge in [-0.05, 0) is 35.2 Å². The van der Waals surface area contributed by atoms with E-state index < -0.39 is 0 Å². The Labute approximate surface area is 122 Å². The van der Waals surface area contributed by atoms with Gasteiger partial charge in [0.15, 0.2) is 0 Å². The fourth-order valence-electron chi connectivity index (χ4n) is 1.98. The Kier molecular flexibility index (Phi) is 6.00. The van der Waals surface area contributed by atoms with Gasteiger partial charge in [0.05, 0.1) is 11.9 Å². The van der Waals surface area contributed by atoms with E-state index in [1.165, 1.54) is 4.68 Å². The summed E-state index contributed by atoms with van der Waals surface area (Å²) in [6, 6.07) is 0. The van der Waals surface area contributed by atoms with Gasteiger partial charge in [0.25, 0.3) is 5.56 Å². The van der Waals surface area contributed by atoms with Gasteiger partial charge >= 0.3 is 0 Å². The molecule has 1 aromatic heterocycles. The number of aromatic nitrogens is 2. The van der Waals surface area contributed by atoms with E-state index in [0.717, 1.165) is 19.3 Å². The van der Waals surface area contributed by atoms with Crippen molar-refractivity contribution in [2.45, 2.75) is 52.1 Å². The van der Waals surface area contributed by atoms with Crippen LogP contribution in [0.3, 0.4) is 0 Å². The second-order valence-corrected chi connectivity index (χ2v) is 5.51. The first-order chi connectivity index (χ1) is 9.03. The molecule has 0 fully saturated rings.